The molecule has 0 saturated heterocycles. The van der Waals surface area contributed by atoms with Gasteiger partial charge >= 0.3 is 0 Å². The van der Waals surface area contributed by atoms with Crippen LogP contribution in [0.3, 0.4) is 0 Å². The Labute approximate surface area is 176 Å². The minimum atomic E-state index is -0.170. The Morgan fingerprint density at radius 3 is 2.30 bits per heavy atom. The number of hydrogen-bond acceptors (Lipinski definition) is 4. The molecular formula is C25H24N4O. The van der Waals surface area contributed by atoms with Crippen LogP contribution in [0.1, 0.15) is 15.9 Å². The highest BCUT2D eigenvalue weighted by Gasteiger charge is 2.17. The molecule has 1 aromatic heterocycles. The van der Waals surface area contributed by atoms with Gasteiger partial charge in [-0.25, -0.2) is 0 Å². The minimum Gasteiger partial charge on any atom is -0.378 e. The monoisotopic (exact) mass is 396 g/mol. The van der Waals surface area contributed by atoms with Crippen LogP contribution in [-0.4, -0.2) is 29.8 Å². The van der Waals surface area contributed by atoms with E-state index in [1.807, 2.05) is 110 Å². The molecule has 0 atom stereocenters. The highest BCUT2D eigenvalue weighted by molar-refractivity contribution is 5.98. The summed E-state index contributed by atoms with van der Waals surface area (Å²) in [5, 5.41) is 8.01. The third kappa shape index (κ3) is 4.25. The first-order valence-electron chi connectivity index (χ1n) is 9.87. The molecule has 150 valence electrons. The summed E-state index contributed by atoms with van der Waals surface area (Å²) in [6, 6.07) is 29.5. The van der Waals surface area contributed by atoms with E-state index in [9.17, 15) is 4.79 Å². The summed E-state index contributed by atoms with van der Waals surface area (Å²) in [6.45, 7) is 0.603. The second-order valence-corrected chi connectivity index (χ2v) is 7.28. The lowest BCUT2D eigenvalue weighted by Crippen LogP contribution is -2.18. The molecule has 0 bridgehead atoms. The summed E-state index contributed by atoms with van der Waals surface area (Å²) in [6.07, 6.45) is 0. The fraction of sp³-hybridized carbons (Fsp3) is 0.120. The van der Waals surface area contributed by atoms with E-state index in [1.54, 1.807) is 0 Å². The van der Waals surface area contributed by atoms with E-state index >= 15 is 0 Å². The Bertz CT molecular complexity index is 1130. The Kier molecular flexibility index (Phi) is 5.61. The van der Waals surface area contributed by atoms with Gasteiger partial charge in [-0.2, -0.15) is 9.78 Å². The highest BCUT2D eigenvalue weighted by atomic mass is 16.2. The zero-order valence-electron chi connectivity index (χ0n) is 17.1. The summed E-state index contributed by atoms with van der Waals surface area (Å²) >= 11 is 0. The van der Waals surface area contributed by atoms with E-state index in [-0.39, 0.29) is 5.91 Å². The fourth-order valence-electron chi connectivity index (χ4n) is 3.24. The maximum absolute atomic E-state index is 13.3. The first-order valence-corrected chi connectivity index (χ1v) is 9.87. The lowest BCUT2D eigenvalue weighted by atomic mass is 10.1. The Morgan fingerprint density at radius 1 is 0.900 bits per heavy atom. The number of rotatable bonds is 6. The molecule has 0 saturated carbocycles. The number of carbonyl (C=O) groups excluding carboxylic acids is 1. The summed E-state index contributed by atoms with van der Waals surface area (Å²) in [5.41, 5.74) is 4.41. The van der Waals surface area contributed by atoms with Crippen LogP contribution in [0.5, 0.6) is 0 Å². The van der Waals surface area contributed by atoms with Crippen molar-refractivity contribution in [2.45, 2.75) is 6.54 Å². The minimum absolute atomic E-state index is 0.170. The molecule has 0 amide bonds. The highest BCUT2D eigenvalue weighted by Crippen LogP contribution is 2.24. The number of anilines is 2. The topological polar surface area (TPSA) is 50.2 Å². The smallest absolute Gasteiger partial charge is 0.280 e. The number of carbonyl (C=O) groups is 1. The molecule has 5 heteroatoms. The van der Waals surface area contributed by atoms with Crippen LogP contribution in [-0.2, 0) is 6.54 Å². The van der Waals surface area contributed by atoms with Crippen molar-refractivity contribution in [1.29, 1.82) is 0 Å². The maximum atomic E-state index is 13.3. The van der Waals surface area contributed by atoms with Crippen LogP contribution >= 0.6 is 0 Å². The zero-order valence-corrected chi connectivity index (χ0v) is 17.1. The average molecular weight is 396 g/mol. The average Bonchev–Trinajstić information content (AvgIpc) is 3.23. The molecule has 0 radical (unpaired) electrons. The number of hydrogen-bond donors (Lipinski definition) is 1. The van der Waals surface area contributed by atoms with Gasteiger partial charge in [-0.1, -0.05) is 66.7 Å². The lowest BCUT2D eigenvalue weighted by molar-refractivity contribution is 0.0948. The van der Waals surface area contributed by atoms with Crippen LogP contribution in [0, 0.1) is 0 Å². The standard InChI is InChI=1S/C25H24N4O/c1-28(2)22-15-9-14-21(16-22)25(30)29-24(26-18-19-10-5-3-6-11-19)17-23(27-29)20-12-7-4-8-13-20/h3-17,26H,18H2,1-2H3. The summed E-state index contributed by atoms with van der Waals surface area (Å²) in [4.78, 5) is 15.3. The van der Waals surface area contributed by atoms with Gasteiger partial charge in [0.05, 0.1) is 5.69 Å². The zero-order chi connectivity index (χ0) is 20.9. The number of benzene rings is 3. The molecule has 1 heterocycles. The maximum Gasteiger partial charge on any atom is 0.280 e. The van der Waals surface area contributed by atoms with Crippen LogP contribution in [0.15, 0.2) is 91.0 Å². The van der Waals surface area contributed by atoms with E-state index in [4.69, 9.17) is 0 Å². The van der Waals surface area contributed by atoms with Gasteiger partial charge in [0.15, 0.2) is 0 Å². The third-order valence-electron chi connectivity index (χ3n) is 4.90. The van der Waals surface area contributed by atoms with Crippen molar-refractivity contribution in [3.05, 3.63) is 102 Å². The molecular weight excluding hydrogens is 372 g/mol. The molecule has 3 aromatic carbocycles. The number of aromatic nitrogens is 2. The van der Waals surface area contributed by atoms with E-state index in [2.05, 4.69) is 10.4 Å². The largest absolute Gasteiger partial charge is 0.378 e. The van der Waals surface area contributed by atoms with Gasteiger partial charge in [-0.3, -0.25) is 4.79 Å². The molecule has 1 N–H and O–H groups in total. The predicted molar refractivity (Wildman–Crippen MR) is 122 cm³/mol. The predicted octanol–water partition coefficient (Wildman–Crippen LogP) is 4.92. The Hall–Kier alpha value is -3.86. The number of nitrogens with one attached hydrogen (secondary N) is 1. The molecule has 0 aliphatic carbocycles. The van der Waals surface area contributed by atoms with Gasteiger partial charge < -0.3 is 10.2 Å². The normalized spacial score (nSPS) is 10.6. The van der Waals surface area contributed by atoms with E-state index in [0.717, 1.165) is 22.5 Å². The van der Waals surface area contributed by atoms with Gasteiger partial charge in [0, 0.05) is 43.5 Å². The first kappa shape index (κ1) is 19.5. The van der Waals surface area contributed by atoms with Crippen molar-refractivity contribution in [3.8, 4) is 11.3 Å². The van der Waals surface area contributed by atoms with Gasteiger partial charge in [-0.15, -0.1) is 0 Å². The van der Waals surface area contributed by atoms with E-state index in [1.165, 1.54) is 4.68 Å². The van der Waals surface area contributed by atoms with Crippen LogP contribution in [0.2, 0.25) is 0 Å². The summed E-state index contributed by atoms with van der Waals surface area (Å²) in [7, 11) is 3.91. The second-order valence-electron chi connectivity index (χ2n) is 7.28. The Balaban J connectivity index is 1.70. The van der Waals surface area contributed by atoms with E-state index in [0.29, 0.717) is 17.9 Å². The van der Waals surface area contributed by atoms with Crippen LogP contribution in [0.4, 0.5) is 11.5 Å². The molecule has 0 fully saturated rings. The van der Waals surface area contributed by atoms with Gasteiger partial charge in [0.25, 0.3) is 5.91 Å². The van der Waals surface area contributed by atoms with Crippen molar-refractivity contribution in [2.24, 2.45) is 0 Å². The fourth-order valence-corrected chi connectivity index (χ4v) is 3.24. The molecule has 0 spiro atoms. The number of nitrogens with zero attached hydrogens (tertiary/aromatic N) is 3. The SMILES string of the molecule is CN(C)c1cccc(C(=O)n2nc(-c3ccccc3)cc2NCc2ccccc2)c1. The lowest BCUT2D eigenvalue weighted by Gasteiger charge is -2.14. The van der Waals surface area contributed by atoms with Crippen LogP contribution < -0.4 is 10.2 Å². The van der Waals surface area contributed by atoms with Gasteiger partial charge in [-0.05, 0) is 23.8 Å². The quantitative estimate of drug-likeness (QED) is 0.503. The molecule has 30 heavy (non-hydrogen) atoms. The van der Waals surface area contributed by atoms with Crippen molar-refractivity contribution < 1.29 is 4.79 Å². The Morgan fingerprint density at radius 2 is 1.60 bits per heavy atom. The molecule has 4 aromatic rings. The van der Waals surface area contributed by atoms with Crippen LogP contribution in [0.25, 0.3) is 11.3 Å². The van der Waals surface area contributed by atoms with Gasteiger partial charge in [0.1, 0.15) is 5.82 Å². The van der Waals surface area contributed by atoms with Crippen molar-refractivity contribution in [3.63, 3.8) is 0 Å². The van der Waals surface area contributed by atoms with Crippen molar-refractivity contribution in [2.75, 3.05) is 24.3 Å². The molecule has 5 nitrogen and oxygen atoms in total. The summed E-state index contributed by atoms with van der Waals surface area (Å²) < 4.78 is 1.46. The molecule has 0 aliphatic rings. The second kappa shape index (κ2) is 8.66. The van der Waals surface area contributed by atoms with E-state index < -0.39 is 0 Å². The third-order valence-corrected chi connectivity index (χ3v) is 4.90. The molecule has 0 aliphatic heterocycles. The summed E-state index contributed by atoms with van der Waals surface area (Å²) in [5.74, 6) is 0.495. The first-order chi connectivity index (χ1) is 14.6. The molecule has 4 rings (SSSR count). The van der Waals surface area contributed by atoms with Gasteiger partial charge in [0.2, 0.25) is 0 Å². The van der Waals surface area contributed by atoms with Crippen molar-refractivity contribution >= 4 is 17.4 Å². The molecule has 0 unspecified atom stereocenters. The van der Waals surface area contributed by atoms with Crippen molar-refractivity contribution in [1.82, 2.24) is 9.78 Å².